The van der Waals surface area contributed by atoms with Gasteiger partial charge in [0.25, 0.3) is 0 Å². The smallest absolute Gasteiger partial charge is 0.250 e. The topological polar surface area (TPSA) is 60.5 Å². The van der Waals surface area contributed by atoms with E-state index in [0.717, 1.165) is 27.8 Å². The Labute approximate surface area is 201 Å². The minimum atomic E-state index is -0.244. The number of nitrogens with zero attached hydrogens (tertiary/aromatic N) is 1. The zero-order valence-electron chi connectivity index (χ0n) is 18.3. The molecule has 33 heavy (non-hydrogen) atoms. The molecule has 0 atom stereocenters. The molecule has 0 saturated carbocycles. The first-order valence-electron chi connectivity index (χ1n) is 10.5. The zero-order chi connectivity index (χ0) is 23.2. The Morgan fingerprint density at radius 1 is 1.06 bits per heavy atom. The quantitative estimate of drug-likeness (QED) is 0.284. The Kier molecular flexibility index (Phi) is 7.27. The van der Waals surface area contributed by atoms with Crippen LogP contribution in [0.3, 0.4) is 0 Å². The number of fused-ring (bicyclic) bond motifs is 1. The number of thiazole rings is 1. The lowest BCUT2D eigenvalue weighted by Gasteiger charge is -2.11. The highest BCUT2D eigenvalue weighted by atomic mass is 35.5. The van der Waals surface area contributed by atoms with Crippen molar-refractivity contribution in [3.63, 3.8) is 0 Å². The summed E-state index contributed by atoms with van der Waals surface area (Å²) in [4.78, 5) is 16.9. The molecule has 1 heterocycles. The van der Waals surface area contributed by atoms with Crippen LogP contribution in [0.25, 0.3) is 16.3 Å². The maximum Gasteiger partial charge on any atom is 0.250 e. The molecule has 4 aromatic rings. The van der Waals surface area contributed by atoms with Crippen molar-refractivity contribution in [1.29, 1.82) is 0 Å². The Balaban J connectivity index is 1.39. The molecular formula is C26H23ClN2O3S. The van der Waals surface area contributed by atoms with E-state index >= 15 is 0 Å². The van der Waals surface area contributed by atoms with Crippen LogP contribution in [0.2, 0.25) is 5.02 Å². The molecule has 0 aliphatic rings. The summed E-state index contributed by atoms with van der Waals surface area (Å²) >= 11 is 7.39. The van der Waals surface area contributed by atoms with Crippen LogP contribution in [-0.2, 0) is 17.8 Å². The number of hydrogen-bond donors (Lipinski definition) is 1. The predicted octanol–water partition coefficient (Wildman–Crippen LogP) is 6.75. The third-order valence-electron chi connectivity index (χ3n) is 5.01. The molecule has 0 aliphatic heterocycles. The van der Waals surface area contributed by atoms with E-state index in [1.165, 1.54) is 23.0 Å². The van der Waals surface area contributed by atoms with Gasteiger partial charge in [0.15, 0.2) is 16.6 Å². The lowest BCUT2D eigenvalue weighted by atomic mass is 10.2. The third-order valence-corrected chi connectivity index (χ3v) is 6.20. The highest BCUT2D eigenvalue weighted by Crippen LogP contribution is 2.30. The van der Waals surface area contributed by atoms with Crippen LogP contribution in [0.1, 0.15) is 23.6 Å². The summed E-state index contributed by atoms with van der Waals surface area (Å²) in [5.74, 6) is 0.964. The Bertz CT molecular complexity index is 1300. The van der Waals surface area contributed by atoms with Gasteiger partial charge in [-0.3, -0.25) is 10.1 Å². The van der Waals surface area contributed by atoms with E-state index in [0.29, 0.717) is 28.3 Å². The SMILES string of the molecule is CCc1ccc2nc(NC(=O)/C=C/c3ccc(OCc4ccc(Cl)cc4)c(OC)c3)sc2c1. The molecule has 4 rings (SSSR count). The van der Waals surface area contributed by atoms with E-state index in [-0.39, 0.29) is 5.91 Å². The molecule has 1 aromatic heterocycles. The molecule has 1 N–H and O–H groups in total. The van der Waals surface area contributed by atoms with Crippen LogP contribution in [0, 0.1) is 0 Å². The first-order chi connectivity index (χ1) is 16.0. The third kappa shape index (κ3) is 5.92. The molecular weight excluding hydrogens is 456 g/mol. The van der Waals surface area contributed by atoms with Gasteiger partial charge < -0.3 is 9.47 Å². The molecule has 0 fully saturated rings. The number of aromatic nitrogens is 1. The van der Waals surface area contributed by atoms with Crippen molar-refractivity contribution in [1.82, 2.24) is 4.98 Å². The van der Waals surface area contributed by atoms with E-state index in [1.54, 1.807) is 13.2 Å². The average Bonchev–Trinajstić information content (AvgIpc) is 3.23. The molecule has 1 amide bonds. The Hall–Kier alpha value is -3.35. The molecule has 3 aromatic carbocycles. The van der Waals surface area contributed by atoms with Crippen molar-refractivity contribution in [2.45, 2.75) is 20.0 Å². The molecule has 5 nitrogen and oxygen atoms in total. The van der Waals surface area contributed by atoms with Crippen LogP contribution in [0.15, 0.2) is 66.7 Å². The van der Waals surface area contributed by atoms with Gasteiger partial charge in [0.2, 0.25) is 5.91 Å². The van der Waals surface area contributed by atoms with Gasteiger partial charge >= 0.3 is 0 Å². The number of benzene rings is 3. The lowest BCUT2D eigenvalue weighted by molar-refractivity contribution is -0.111. The fraction of sp³-hybridized carbons (Fsp3) is 0.154. The molecule has 0 aliphatic carbocycles. The monoisotopic (exact) mass is 478 g/mol. The number of methoxy groups -OCH3 is 1. The molecule has 0 radical (unpaired) electrons. The van der Waals surface area contributed by atoms with E-state index in [9.17, 15) is 4.79 Å². The number of carbonyl (C=O) groups excluding carboxylic acids is 1. The number of rotatable bonds is 8. The van der Waals surface area contributed by atoms with Gasteiger partial charge in [0.1, 0.15) is 6.61 Å². The number of aryl methyl sites for hydroxylation is 1. The molecule has 0 saturated heterocycles. The normalized spacial score (nSPS) is 11.1. The van der Waals surface area contributed by atoms with Crippen LogP contribution < -0.4 is 14.8 Å². The predicted molar refractivity (Wildman–Crippen MR) is 135 cm³/mol. The van der Waals surface area contributed by atoms with E-state index in [4.69, 9.17) is 21.1 Å². The van der Waals surface area contributed by atoms with Crippen LogP contribution in [0.5, 0.6) is 11.5 Å². The van der Waals surface area contributed by atoms with E-state index in [2.05, 4.69) is 29.4 Å². The first kappa shape index (κ1) is 22.8. The summed E-state index contributed by atoms with van der Waals surface area (Å²) in [7, 11) is 1.59. The first-order valence-corrected chi connectivity index (χ1v) is 11.7. The number of ether oxygens (including phenoxy) is 2. The minimum absolute atomic E-state index is 0.244. The molecule has 0 unspecified atom stereocenters. The summed E-state index contributed by atoms with van der Waals surface area (Å²) in [5.41, 5.74) is 3.95. The highest BCUT2D eigenvalue weighted by molar-refractivity contribution is 7.22. The van der Waals surface area contributed by atoms with Gasteiger partial charge in [-0.15, -0.1) is 0 Å². The number of carbonyl (C=O) groups is 1. The van der Waals surface area contributed by atoms with Crippen LogP contribution >= 0.6 is 22.9 Å². The van der Waals surface area contributed by atoms with E-state index in [1.807, 2.05) is 48.5 Å². The summed E-state index contributed by atoms with van der Waals surface area (Å²) < 4.78 is 12.4. The number of nitrogens with one attached hydrogen (secondary N) is 1. The molecule has 0 spiro atoms. The van der Waals surface area contributed by atoms with Gasteiger partial charge in [-0.25, -0.2) is 4.98 Å². The van der Waals surface area contributed by atoms with Gasteiger partial charge in [-0.2, -0.15) is 0 Å². The standard InChI is InChI=1S/C26H23ClN2O3S/c1-3-17-6-11-21-24(15-17)33-26(28-21)29-25(30)13-8-18-7-12-22(23(14-18)31-2)32-16-19-4-9-20(27)10-5-19/h4-15H,3,16H2,1-2H3,(H,28,29,30)/b13-8+. The van der Waals surface area contributed by atoms with Crippen LogP contribution in [-0.4, -0.2) is 18.0 Å². The van der Waals surface area contributed by atoms with Crippen molar-refractivity contribution >= 4 is 50.3 Å². The van der Waals surface area contributed by atoms with Gasteiger partial charge in [0.05, 0.1) is 17.3 Å². The Morgan fingerprint density at radius 2 is 1.85 bits per heavy atom. The number of amides is 1. The van der Waals surface area contributed by atoms with Gasteiger partial charge in [-0.1, -0.05) is 54.1 Å². The second-order valence-electron chi connectivity index (χ2n) is 7.32. The summed E-state index contributed by atoms with van der Waals surface area (Å²) in [6, 6.07) is 19.2. The number of hydrogen-bond acceptors (Lipinski definition) is 5. The molecule has 7 heteroatoms. The highest BCUT2D eigenvalue weighted by Gasteiger charge is 2.08. The maximum atomic E-state index is 12.4. The van der Waals surface area contributed by atoms with Crippen molar-refractivity contribution in [3.05, 3.63) is 88.5 Å². The Morgan fingerprint density at radius 3 is 2.61 bits per heavy atom. The maximum absolute atomic E-state index is 12.4. The van der Waals surface area contributed by atoms with Crippen molar-refractivity contribution in [2.24, 2.45) is 0 Å². The van der Waals surface area contributed by atoms with Crippen LogP contribution in [0.4, 0.5) is 5.13 Å². The van der Waals surface area contributed by atoms with E-state index < -0.39 is 0 Å². The second kappa shape index (κ2) is 10.5. The molecule has 168 valence electrons. The zero-order valence-corrected chi connectivity index (χ0v) is 19.9. The number of anilines is 1. The van der Waals surface area contributed by atoms with Crippen molar-refractivity contribution < 1.29 is 14.3 Å². The summed E-state index contributed by atoms with van der Waals surface area (Å²) in [6.07, 6.45) is 4.17. The second-order valence-corrected chi connectivity index (χ2v) is 8.79. The fourth-order valence-corrected chi connectivity index (χ4v) is 4.27. The summed E-state index contributed by atoms with van der Waals surface area (Å²) in [6.45, 7) is 2.51. The number of halogens is 1. The lowest BCUT2D eigenvalue weighted by Crippen LogP contribution is -2.07. The van der Waals surface area contributed by atoms with Gasteiger partial charge in [0, 0.05) is 11.1 Å². The molecule has 0 bridgehead atoms. The largest absolute Gasteiger partial charge is 0.493 e. The average molecular weight is 479 g/mol. The summed E-state index contributed by atoms with van der Waals surface area (Å²) in [5, 5.41) is 4.10. The van der Waals surface area contributed by atoms with Gasteiger partial charge in [-0.05, 0) is 65.6 Å². The van der Waals surface area contributed by atoms with Crippen molar-refractivity contribution in [2.75, 3.05) is 12.4 Å². The fourth-order valence-electron chi connectivity index (χ4n) is 3.21. The van der Waals surface area contributed by atoms with Crippen molar-refractivity contribution in [3.8, 4) is 11.5 Å². The minimum Gasteiger partial charge on any atom is -0.493 e.